The van der Waals surface area contributed by atoms with E-state index in [-0.39, 0.29) is 0 Å². The molecular weight excluding hydrogens is 471 g/mol. The van der Waals surface area contributed by atoms with Gasteiger partial charge in [0, 0.05) is 27.8 Å². The molecule has 0 aliphatic heterocycles. The van der Waals surface area contributed by atoms with Crippen LogP contribution in [-0.4, -0.2) is 14.5 Å². The van der Waals surface area contributed by atoms with Crippen LogP contribution in [0.15, 0.2) is 126 Å². The van der Waals surface area contributed by atoms with E-state index in [0.29, 0.717) is 11.7 Å². The van der Waals surface area contributed by atoms with E-state index < -0.39 is 7.05 Å². The fourth-order valence-corrected chi connectivity index (χ4v) is 8.54. The third-order valence-corrected chi connectivity index (χ3v) is 10.3. The fraction of sp³-hybridized carbons (Fsp3) is 0.125. The van der Waals surface area contributed by atoms with Gasteiger partial charge in [0.25, 0.3) is 0 Å². The molecule has 0 atom stereocenters. The van der Waals surface area contributed by atoms with Crippen molar-refractivity contribution in [1.29, 1.82) is 0 Å². The van der Waals surface area contributed by atoms with Crippen LogP contribution < -0.4 is 15.9 Å². The zero-order valence-corrected chi connectivity index (χ0v) is 22.0. The summed E-state index contributed by atoms with van der Waals surface area (Å²) in [7, 11) is -2.46. The molecule has 182 valence electrons. The number of pyridine rings is 1. The number of rotatable bonds is 6. The topological polar surface area (TPSA) is 43.1 Å². The largest absolute Gasteiger partial charge is 0.330 e. The van der Waals surface area contributed by atoms with Gasteiger partial charge < -0.3 is 4.57 Å². The van der Waals surface area contributed by atoms with Crippen LogP contribution in [0, 0.1) is 5.92 Å². The Kier molecular flexibility index (Phi) is 6.20. The van der Waals surface area contributed by atoms with Gasteiger partial charge in [-0.1, -0.05) is 123 Å². The summed E-state index contributed by atoms with van der Waals surface area (Å²) in [5, 5.41) is 4.68. The summed E-state index contributed by atoms with van der Waals surface area (Å²) >= 11 is 0. The zero-order chi connectivity index (χ0) is 25.2. The molecule has 4 aromatic carbocycles. The highest BCUT2D eigenvalue weighted by Gasteiger charge is 2.28. The van der Waals surface area contributed by atoms with E-state index in [1.54, 1.807) is 0 Å². The summed E-state index contributed by atoms with van der Waals surface area (Å²) in [5.41, 5.74) is 2.89. The first-order valence-electron chi connectivity index (χ1n) is 12.7. The lowest BCUT2D eigenvalue weighted by atomic mass is 10.1. The maximum absolute atomic E-state index is 5.70. The molecule has 0 aliphatic carbocycles. The number of hydrogen-bond acceptors (Lipinski definition) is 3. The maximum atomic E-state index is 5.70. The number of fused-ring (bicyclic) bond motifs is 3. The van der Waals surface area contributed by atoms with Crippen LogP contribution in [0.1, 0.15) is 13.8 Å². The van der Waals surface area contributed by atoms with Crippen LogP contribution in [0.25, 0.3) is 21.9 Å². The summed E-state index contributed by atoms with van der Waals surface area (Å²) in [4.78, 5) is 10.1. The first kappa shape index (κ1) is 23.4. The third-order valence-electron chi connectivity index (χ3n) is 6.63. The highest BCUT2D eigenvalue weighted by molar-refractivity contribution is 7.87. The monoisotopic (exact) mass is 500 g/mol. The lowest BCUT2D eigenvalue weighted by molar-refractivity contribution is 0.533. The molecule has 0 bridgehead atoms. The molecule has 0 amide bonds. The fourth-order valence-electron chi connectivity index (χ4n) is 5.06. The van der Waals surface area contributed by atoms with Gasteiger partial charge in [0.15, 0.2) is 5.82 Å². The molecular formula is C32H29N4P. The number of nitrogens with zero attached hydrogens (tertiary/aromatic N) is 4. The zero-order valence-electron chi connectivity index (χ0n) is 21.1. The molecule has 2 heterocycles. The minimum absolute atomic E-state index is 0.495. The average molecular weight is 501 g/mol. The van der Waals surface area contributed by atoms with E-state index in [0.717, 1.165) is 28.5 Å². The van der Waals surface area contributed by atoms with Crippen LogP contribution in [0.2, 0.25) is 0 Å². The van der Waals surface area contributed by atoms with Gasteiger partial charge in [-0.2, -0.15) is 0 Å². The first-order chi connectivity index (χ1) is 18.2. The SMILES string of the molecule is CC(C)Cn1cnc2c(N=P(c3ccccc3)(c3ccccc3)c3ccccc3)nc3ccccc3c21. The number of imidazole rings is 1. The van der Waals surface area contributed by atoms with Crippen molar-refractivity contribution in [3.63, 3.8) is 0 Å². The number of para-hydroxylation sites is 1. The van der Waals surface area contributed by atoms with Gasteiger partial charge in [-0.15, -0.1) is 0 Å². The van der Waals surface area contributed by atoms with E-state index in [9.17, 15) is 0 Å². The van der Waals surface area contributed by atoms with Crippen molar-refractivity contribution in [3.8, 4) is 0 Å². The molecule has 6 aromatic rings. The van der Waals surface area contributed by atoms with Crippen molar-refractivity contribution >= 4 is 50.7 Å². The molecule has 4 nitrogen and oxygen atoms in total. The molecule has 5 heteroatoms. The molecule has 0 saturated heterocycles. The van der Waals surface area contributed by atoms with Crippen molar-refractivity contribution in [2.75, 3.05) is 0 Å². The molecule has 0 aliphatic rings. The van der Waals surface area contributed by atoms with Crippen LogP contribution >= 0.6 is 7.05 Å². The van der Waals surface area contributed by atoms with Crippen molar-refractivity contribution < 1.29 is 0 Å². The van der Waals surface area contributed by atoms with Crippen LogP contribution in [0.4, 0.5) is 5.82 Å². The Balaban J connectivity index is 1.78. The Morgan fingerprint density at radius 1 is 0.703 bits per heavy atom. The van der Waals surface area contributed by atoms with E-state index >= 15 is 0 Å². The number of hydrogen-bond donors (Lipinski definition) is 0. The van der Waals surface area contributed by atoms with Gasteiger partial charge in [-0.05, 0) is 12.0 Å². The number of benzene rings is 4. The average Bonchev–Trinajstić information content (AvgIpc) is 3.37. The van der Waals surface area contributed by atoms with Crippen LogP contribution in [-0.2, 0) is 6.54 Å². The maximum Gasteiger partial charge on any atom is 0.180 e. The Morgan fingerprint density at radius 2 is 1.22 bits per heavy atom. The van der Waals surface area contributed by atoms with E-state index in [1.165, 1.54) is 15.9 Å². The van der Waals surface area contributed by atoms with Gasteiger partial charge in [-0.25, -0.2) is 14.7 Å². The molecule has 0 radical (unpaired) electrons. The molecule has 37 heavy (non-hydrogen) atoms. The van der Waals surface area contributed by atoms with Gasteiger partial charge in [-0.3, -0.25) is 0 Å². The normalized spacial score (nSPS) is 11.9. The summed E-state index contributed by atoms with van der Waals surface area (Å²) in [6.45, 7) is 5.36. The molecule has 0 saturated carbocycles. The molecule has 6 rings (SSSR count). The van der Waals surface area contributed by atoms with Crippen molar-refractivity contribution in [2.24, 2.45) is 10.7 Å². The third kappa shape index (κ3) is 4.18. The Hall–Kier alpha value is -4.01. The summed E-state index contributed by atoms with van der Waals surface area (Å²) in [6, 6.07) is 40.4. The minimum Gasteiger partial charge on any atom is -0.330 e. The van der Waals surface area contributed by atoms with Crippen LogP contribution in [0.5, 0.6) is 0 Å². The second-order valence-electron chi connectivity index (χ2n) is 9.68. The van der Waals surface area contributed by atoms with E-state index in [1.807, 2.05) is 12.4 Å². The smallest absolute Gasteiger partial charge is 0.180 e. The van der Waals surface area contributed by atoms with Crippen molar-refractivity contribution in [3.05, 3.63) is 122 Å². The van der Waals surface area contributed by atoms with E-state index in [2.05, 4.69) is 128 Å². The van der Waals surface area contributed by atoms with Gasteiger partial charge in [0.1, 0.15) is 5.52 Å². The lowest BCUT2D eigenvalue weighted by Gasteiger charge is -2.26. The summed E-state index contributed by atoms with van der Waals surface area (Å²) < 4.78 is 7.96. The summed E-state index contributed by atoms with van der Waals surface area (Å²) in [6.07, 6.45) is 1.95. The highest BCUT2D eigenvalue weighted by Crippen LogP contribution is 2.50. The van der Waals surface area contributed by atoms with Crippen LogP contribution in [0.3, 0.4) is 0 Å². The highest BCUT2D eigenvalue weighted by atomic mass is 31.2. The minimum atomic E-state index is -2.46. The quantitative estimate of drug-likeness (QED) is 0.230. The standard InChI is InChI=1S/C32H29N4P/c1-24(2)22-36-23-33-30-31(36)28-20-12-13-21-29(28)34-32(30)35-37(25-14-6-3-7-15-25,26-16-8-4-9-17-26)27-18-10-5-11-19-27/h3-21,23-24H,22H2,1-2H3. The number of aromatic nitrogens is 3. The van der Waals surface area contributed by atoms with Gasteiger partial charge in [0.2, 0.25) is 0 Å². The van der Waals surface area contributed by atoms with Gasteiger partial charge >= 0.3 is 0 Å². The lowest BCUT2D eigenvalue weighted by Crippen LogP contribution is -2.25. The van der Waals surface area contributed by atoms with Gasteiger partial charge in [0.05, 0.1) is 24.4 Å². The predicted octanol–water partition coefficient (Wildman–Crippen LogP) is 7.05. The van der Waals surface area contributed by atoms with Crippen molar-refractivity contribution in [1.82, 2.24) is 14.5 Å². The molecule has 2 aromatic heterocycles. The van der Waals surface area contributed by atoms with E-state index in [4.69, 9.17) is 14.7 Å². The molecule has 0 N–H and O–H groups in total. The Morgan fingerprint density at radius 3 is 1.76 bits per heavy atom. The Bertz CT molecular complexity index is 1620. The predicted molar refractivity (Wildman–Crippen MR) is 157 cm³/mol. The first-order valence-corrected chi connectivity index (χ1v) is 14.4. The molecule has 0 unspecified atom stereocenters. The second kappa shape index (κ2) is 9.80. The summed E-state index contributed by atoms with van der Waals surface area (Å²) in [5.74, 6) is 1.19. The van der Waals surface area contributed by atoms with Crippen molar-refractivity contribution in [2.45, 2.75) is 20.4 Å². The second-order valence-corrected chi connectivity index (χ2v) is 12.7. The Labute approximate surface area is 217 Å². The molecule has 0 spiro atoms. The molecule has 0 fully saturated rings.